The largest absolute Gasteiger partial charge is 0.367 e. The number of nitrogens with one attached hydrogen (secondary N) is 1. The number of benzene rings is 3. The molecule has 0 radical (unpaired) electrons. The molecule has 33 heavy (non-hydrogen) atoms. The minimum Gasteiger partial charge on any atom is -0.367 e. The molecular formula is C27H26F2N4. The molecular weight excluding hydrogens is 418 g/mol. The molecule has 0 spiro atoms. The van der Waals surface area contributed by atoms with E-state index in [1.54, 1.807) is 18.2 Å². The number of hydrogen-bond donors (Lipinski definition) is 1. The summed E-state index contributed by atoms with van der Waals surface area (Å²) in [5.74, 6) is -0.469. The van der Waals surface area contributed by atoms with Crippen LogP contribution in [0.4, 0.5) is 20.2 Å². The van der Waals surface area contributed by atoms with E-state index in [9.17, 15) is 8.78 Å². The van der Waals surface area contributed by atoms with Crippen LogP contribution in [0.1, 0.15) is 11.1 Å². The monoisotopic (exact) mass is 444 g/mol. The van der Waals surface area contributed by atoms with Crippen molar-refractivity contribution in [2.24, 2.45) is 4.99 Å². The Balaban J connectivity index is 1.36. The molecule has 0 unspecified atom stereocenters. The Kier molecular flexibility index (Phi) is 5.92. The van der Waals surface area contributed by atoms with Gasteiger partial charge in [0.2, 0.25) is 0 Å². The number of fused-ring (bicyclic) bond motifs is 1. The number of aliphatic imine (C=N–C) groups is 1. The summed E-state index contributed by atoms with van der Waals surface area (Å²) in [4.78, 5) is 8.81. The van der Waals surface area contributed by atoms with Gasteiger partial charge in [-0.1, -0.05) is 24.3 Å². The molecule has 168 valence electrons. The Hall–Kier alpha value is -3.51. The third kappa shape index (κ3) is 4.66. The Labute approximate surface area is 192 Å². The molecule has 2 heterocycles. The molecule has 5 rings (SSSR count). The highest BCUT2D eigenvalue weighted by molar-refractivity contribution is 5.94. The van der Waals surface area contributed by atoms with E-state index in [4.69, 9.17) is 0 Å². The minimum atomic E-state index is -0.250. The van der Waals surface area contributed by atoms with Gasteiger partial charge in [0, 0.05) is 44.3 Å². The van der Waals surface area contributed by atoms with Gasteiger partial charge in [0.15, 0.2) is 0 Å². The highest BCUT2D eigenvalue weighted by Gasteiger charge is 2.18. The molecule has 3 aromatic carbocycles. The normalized spacial score (nSPS) is 17.3. The molecule has 0 amide bonds. The van der Waals surface area contributed by atoms with Crippen molar-refractivity contribution in [3.63, 3.8) is 0 Å². The number of anilines is 2. The lowest BCUT2D eigenvalue weighted by molar-refractivity contribution is 0.311. The highest BCUT2D eigenvalue weighted by atomic mass is 19.1. The number of nitrogens with zero attached hydrogens (tertiary/aromatic N) is 3. The van der Waals surface area contributed by atoms with Crippen molar-refractivity contribution in [3.05, 3.63) is 89.6 Å². The number of likely N-dealkylation sites (N-methyl/N-ethyl adjacent to an activating group) is 1. The SMILES string of the molecule is CN1CCN(c2ccc(N/C=C3\CN=Cc4ccc(-c5ccc(F)cc5)cc43)cc2F)CC1. The average molecular weight is 445 g/mol. The van der Waals surface area contributed by atoms with Gasteiger partial charge in [0.1, 0.15) is 11.6 Å². The lowest BCUT2D eigenvalue weighted by Crippen LogP contribution is -2.44. The molecule has 2 aliphatic heterocycles. The number of halogens is 2. The van der Waals surface area contributed by atoms with Gasteiger partial charge < -0.3 is 15.1 Å². The summed E-state index contributed by atoms with van der Waals surface area (Å²) < 4.78 is 28.1. The van der Waals surface area contributed by atoms with Crippen molar-refractivity contribution in [3.8, 4) is 11.1 Å². The highest BCUT2D eigenvalue weighted by Crippen LogP contribution is 2.30. The summed E-state index contributed by atoms with van der Waals surface area (Å²) in [6.07, 6.45) is 3.76. The molecule has 0 aliphatic carbocycles. The molecule has 0 aromatic heterocycles. The smallest absolute Gasteiger partial charge is 0.148 e. The van der Waals surface area contributed by atoms with Crippen molar-refractivity contribution >= 4 is 23.2 Å². The standard InChI is InChI=1S/C27H26F2N4/c1-32-10-12-33(13-11-32)27-9-8-24(15-26(27)29)31-18-22-17-30-16-21-3-2-20(14-25(21)22)19-4-6-23(28)7-5-19/h2-9,14-16,18,31H,10-13,17H2,1H3/b22-18+. The molecule has 4 nitrogen and oxygen atoms in total. The molecule has 2 aliphatic rings. The van der Waals surface area contributed by atoms with E-state index in [0.717, 1.165) is 54.0 Å². The maximum Gasteiger partial charge on any atom is 0.148 e. The topological polar surface area (TPSA) is 30.9 Å². The quantitative estimate of drug-likeness (QED) is 0.595. The van der Waals surface area contributed by atoms with E-state index in [0.29, 0.717) is 17.9 Å². The lowest BCUT2D eigenvalue weighted by Gasteiger charge is -2.34. The van der Waals surface area contributed by atoms with E-state index in [-0.39, 0.29) is 11.6 Å². The molecule has 6 heteroatoms. The Morgan fingerprint density at radius 2 is 1.64 bits per heavy atom. The fourth-order valence-electron chi connectivity index (χ4n) is 4.29. The third-order valence-corrected chi connectivity index (χ3v) is 6.27. The van der Waals surface area contributed by atoms with Gasteiger partial charge in [0.05, 0.1) is 12.2 Å². The van der Waals surface area contributed by atoms with Crippen molar-refractivity contribution in [1.82, 2.24) is 4.90 Å². The van der Waals surface area contributed by atoms with Crippen LogP contribution in [-0.2, 0) is 0 Å². The molecule has 0 bridgehead atoms. The van der Waals surface area contributed by atoms with Crippen LogP contribution in [0.3, 0.4) is 0 Å². The molecule has 1 N–H and O–H groups in total. The van der Waals surface area contributed by atoms with Crippen LogP contribution in [-0.4, -0.2) is 50.9 Å². The lowest BCUT2D eigenvalue weighted by atomic mass is 9.94. The van der Waals surface area contributed by atoms with Gasteiger partial charge >= 0.3 is 0 Å². The Morgan fingerprint density at radius 1 is 0.879 bits per heavy atom. The number of piperazine rings is 1. The Bertz CT molecular complexity index is 1210. The average Bonchev–Trinajstić information content (AvgIpc) is 2.84. The fourth-order valence-corrected chi connectivity index (χ4v) is 4.29. The van der Waals surface area contributed by atoms with Crippen LogP contribution in [0.5, 0.6) is 0 Å². The molecule has 0 saturated carbocycles. The summed E-state index contributed by atoms with van der Waals surface area (Å²) in [6.45, 7) is 4.07. The second-order valence-electron chi connectivity index (χ2n) is 8.55. The van der Waals surface area contributed by atoms with E-state index >= 15 is 0 Å². The van der Waals surface area contributed by atoms with E-state index < -0.39 is 0 Å². The first kappa shape index (κ1) is 21.3. The van der Waals surface area contributed by atoms with Crippen molar-refractivity contribution in [2.45, 2.75) is 0 Å². The summed E-state index contributed by atoms with van der Waals surface area (Å²) in [7, 11) is 2.09. The zero-order valence-corrected chi connectivity index (χ0v) is 18.6. The summed E-state index contributed by atoms with van der Waals surface area (Å²) >= 11 is 0. The molecule has 3 aromatic rings. The van der Waals surface area contributed by atoms with Crippen molar-refractivity contribution in [1.29, 1.82) is 0 Å². The first-order chi connectivity index (χ1) is 16.1. The van der Waals surface area contributed by atoms with Gasteiger partial charge in [-0.2, -0.15) is 0 Å². The van der Waals surface area contributed by atoms with Crippen LogP contribution in [0, 0.1) is 11.6 Å². The fraction of sp³-hybridized carbons (Fsp3) is 0.222. The zero-order chi connectivity index (χ0) is 22.8. The first-order valence-corrected chi connectivity index (χ1v) is 11.2. The summed E-state index contributed by atoms with van der Waals surface area (Å²) in [6, 6.07) is 17.9. The van der Waals surface area contributed by atoms with Gasteiger partial charge in [-0.15, -0.1) is 0 Å². The summed E-state index contributed by atoms with van der Waals surface area (Å²) in [5.41, 5.74) is 6.42. The maximum absolute atomic E-state index is 14.8. The predicted molar refractivity (Wildman–Crippen MR) is 132 cm³/mol. The van der Waals surface area contributed by atoms with E-state index in [1.807, 2.05) is 36.7 Å². The van der Waals surface area contributed by atoms with Gasteiger partial charge in [0.25, 0.3) is 0 Å². The Morgan fingerprint density at radius 3 is 2.39 bits per heavy atom. The van der Waals surface area contributed by atoms with Crippen LogP contribution < -0.4 is 10.2 Å². The van der Waals surface area contributed by atoms with Crippen LogP contribution in [0.25, 0.3) is 16.7 Å². The van der Waals surface area contributed by atoms with Crippen molar-refractivity contribution < 1.29 is 8.78 Å². The summed E-state index contributed by atoms with van der Waals surface area (Å²) in [5, 5.41) is 3.25. The van der Waals surface area contributed by atoms with Crippen LogP contribution >= 0.6 is 0 Å². The number of hydrogen-bond acceptors (Lipinski definition) is 4. The number of rotatable bonds is 4. The maximum atomic E-state index is 14.8. The predicted octanol–water partition coefficient (Wildman–Crippen LogP) is 5.27. The second-order valence-corrected chi connectivity index (χ2v) is 8.55. The van der Waals surface area contributed by atoms with Crippen molar-refractivity contribution in [2.75, 3.05) is 50.0 Å². The molecule has 1 saturated heterocycles. The van der Waals surface area contributed by atoms with E-state index in [1.165, 1.54) is 12.1 Å². The van der Waals surface area contributed by atoms with Gasteiger partial charge in [-0.05, 0) is 71.3 Å². The van der Waals surface area contributed by atoms with Gasteiger partial charge in [-0.25, -0.2) is 8.78 Å². The van der Waals surface area contributed by atoms with Crippen LogP contribution in [0.15, 0.2) is 71.9 Å². The third-order valence-electron chi connectivity index (χ3n) is 6.27. The molecule has 1 fully saturated rings. The van der Waals surface area contributed by atoms with Gasteiger partial charge in [-0.3, -0.25) is 4.99 Å². The van der Waals surface area contributed by atoms with E-state index in [2.05, 4.69) is 33.2 Å². The minimum absolute atomic E-state index is 0.219. The second kappa shape index (κ2) is 9.16. The zero-order valence-electron chi connectivity index (χ0n) is 18.6. The first-order valence-electron chi connectivity index (χ1n) is 11.2. The van der Waals surface area contributed by atoms with Crippen LogP contribution in [0.2, 0.25) is 0 Å². The molecule has 0 atom stereocenters.